The molecule has 4 N–H and O–H groups in total. The van der Waals surface area contributed by atoms with Crippen LogP contribution in [0.25, 0.3) is 0 Å². The number of carbonyl (C=O) groups is 1. The van der Waals surface area contributed by atoms with E-state index in [4.69, 9.17) is 10.8 Å². The van der Waals surface area contributed by atoms with Gasteiger partial charge in [-0.15, -0.1) is 0 Å². The minimum absolute atomic E-state index is 0.175. The summed E-state index contributed by atoms with van der Waals surface area (Å²) in [6.07, 6.45) is 2.62. The van der Waals surface area contributed by atoms with Crippen molar-refractivity contribution < 1.29 is 9.90 Å². The molecule has 1 fully saturated rings. The highest BCUT2D eigenvalue weighted by atomic mass is 16.4. The van der Waals surface area contributed by atoms with Crippen molar-refractivity contribution in [3.05, 3.63) is 17.8 Å². The number of nitrogens with one attached hydrogen (secondary N) is 1. The summed E-state index contributed by atoms with van der Waals surface area (Å²) in [5.41, 5.74) is 6.20. The lowest BCUT2D eigenvalue weighted by molar-refractivity contribution is 0.0698. The minimum Gasteiger partial charge on any atom is -0.478 e. The number of nitrogens with zero attached hydrogens (tertiary/aromatic N) is 2. The highest BCUT2D eigenvalue weighted by Crippen LogP contribution is 2.19. The molecule has 6 heteroatoms. The van der Waals surface area contributed by atoms with Gasteiger partial charge in [0.15, 0.2) is 0 Å². The molecule has 1 aromatic rings. The Kier molecular flexibility index (Phi) is 3.66. The van der Waals surface area contributed by atoms with Gasteiger partial charge in [-0.1, -0.05) is 0 Å². The fourth-order valence-corrected chi connectivity index (χ4v) is 2.24. The lowest BCUT2D eigenvalue weighted by atomic mass is 10.1. The van der Waals surface area contributed by atoms with Crippen LogP contribution >= 0.6 is 0 Å². The van der Waals surface area contributed by atoms with Crippen LogP contribution in [0.1, 0.15) is 16.8 Å². The molecule has 1 aromatic heterocycles. The molecular formula is C12H18N4O2. The number of carboxylic acids is 1. The van der Waals surface area contributed by atoms with Crippen LogP contribution in [-0.4, -0.2) is 47.6 Å². The first kappa shape index (κ1) is 12.6. The van der Waals surface area contributed by atoms with E-state index >= 15 is 0 Å². The van der Waals surface area contributed by atoms with Gasteiger partial charge in [0, 0.05) is 13.1 Å². The number of nitrogens with two attached hydrogens (primary N) is 1. The van der Waals surface area contributed by atoms with Gasteiger partial charge in [0.1, 0.15) is 5.82 Å². The van der Waals surface area contributed by atoms with Crippen LogP contribution in [0.5, 0.6) is 0 Å². The molecule has 1 aliphatic heterocycles. The molecule has 98 valence electrons. The van der Waals surface area contributed by atoms with Crippen LogP contribution in [0.4, 0.5) is 11.5 Å². The van der Waals surface area contributed by atoms with Crippen LogP contribution in [0.2, 0.25) is 0 Å². The van der Waals surface area contributed by atoms with Gasteiger partial charge >= 0.3 is 5.97 Å². The molecule has 1 atom stereocenters. The zero-order valence-corrected chi connectivity index (χ0v) is 10.4. The number of hydrogen-bond acceptors (Lipinski definition) is 5. The van der Waals surface area contributed by atoms with Gasteiger partial charge in [0.25, 0.3) is 0 Å². The number of aromatic nitrogens is 1. The maximum Gasteiger partial charge on any atom is 0.337 e. The molecule has 0 amide bonds. The second-order valence-electron chi connectivity index (χ2n) is 4.76. The third kappa shape index (κ3) is 2.89. The van der Waals surface area contributed by atoms with Crippen LogP contribution < -0.4 is 11.1 Å². The van der Waals surface area contributed by atoms with E-state index in [0.717, 1.165) is 26.1 Å². The largest absolute Gasteiger partial charge is 0.478 e. The van der Waals surface area contributed by atoms with E-state index in [-0.39, 0.29) is 11.4 Å². The van der Waals surface area contributed by atoms with Crippen molar-refractivity contribution in [2.24, 2.45) is 5.92 Å². The Labute approximate surface area is 106 Å². The Hall–Kier alpha value is -1.82. The molecule has 18 heavy (non-hydrogen) atoms. The summed E-state index contributed by atoms with van der Waals surface area (Å²) in [6.45, 7) is 2.89. The average Bonchev–Trinajstić information content (AvgIpc) is 2.73. The highest BCUT2D eigenvalue weighted by molar-refractivity contribution is 5.94. The molecule has 0 saturated carbocycles. The van der Waals surface area contributed by atoms with E-state index < -0.39 is 5.97 Å². The van der Waals surface area contributed by atoms with Crippen molar-refractivity contribution in [3.63, 3.8) is 0 Å². The first-order valence-corrected chi connectivity index (χ1v) is 5.97. The molecule has 6 nitrogen and oxygen atoms in total. The predicted molar refractivity (Wildman–Crippen MR) is 69.7 cm³/mol. The smallest absolute Gasteiger partial charge is 0.337 e. The Morgan fingerprint density at radius 3 is 3.11 bits per heavy atom. The monoisotopic (exact) mass is 250 g/mol. The fraction of sp³-hybridized carbons (Fsp3) is 0.500. The number of likely N-dealkylation sites (tertiary alicyclic amines) is 1. The molecule has 2 heterocycles. The molecule has 2 rings (SSSR count). The van der Waals surface area contributed by atoms with Gasteiger partial charge in [0.2, 0.25) is 0 Å². The molecule has 0 bridgehead atoms. The van der Waals surface area contributed by atoms with E-state index in [9.17, 15) is 4.79 Å². The summed E-state index contributed by atoms with van der Waals surface area (Å²) >= 11 is 0. The number of anilines is 2. The normalized spacial score (nSPS) is 19.9. The minimum atomic E-state index is -0.991. The van der Waals surface area contributed by atoms with Crippen LogP contribution in [0.15, 0.2) is 12.3 Å². The van der Waals surface area contributed by atoms with Crippen LogP contribution in [-0.2, 0) is 0 Å². The van der Waals surface area contributed by atoms with Crippen molar-refractivity contribution in [1.82, 2.24) is 9.88 Å². The van der Waals surface area contributed by atoms with Gasteiger partial charge in [-0.3, -0.25) is 0 Å². The van der Waals surface area contributed by atoms with Crippen LogP contribution in [0, 0.1) is 5.92 Å². The Morgan fingerprint density at radius 2 is 2.50 bits per heavy atom. The number of aromatic carboxylic acids is 1. The lowest BCUT2D eigenvalue weighted by Crippen LogP contribution is -2.20. The van der Waals surface area contributed by atoms with E-state index in [1.165, 1.54) is 12.3 Å². The van der Waals surface area contributed by atoms with Gasteiger partial charge in [0.05, 0.1) is 17.4 Å². The SMILES string of the molecule is CN1CCC(CNc2cnc(N)cc2C(=O)O)C1. The summed E-state index contributed by atoms with van der Waals surface area (Å²) in [6, 6.07) is 1.38. The van der Waals surface area contributed by atoms with E-state index in [1.807, 2.05) is 0 Å². The first-order chi connectivity index (χ1) is 8.56. The van der Waals surface area contributed by atoms with Crippen molar-refractivity contribution >= 4 is 17.5 Å². The van der Waals surface area contributed by atoms with Crippen molar-refractivity contribution in [3.8, 4) is 0 Å². The highest BCUT2D eigenvalue weighted by Gasteiger charge is 2.20. The molecule has 0 aliphatic carbocycles. The number of nitrogen functional groups attached to an aromatic ring is 1. The maximum absolute atomic E-state index is 11.1. The Bertz CT molecular complexity index is 450. The number of hydrogen-bond donors (Lipinski definition) is 3. The lowest BCUT2D eigenvalue weighted by Gasteiger charge is -2.14. The standard InChI is InChI=1S/C12H18N4O2/c1-16-3-2-8(7-16)5-14-10-6-15-11(13)4-9(10)12(17)18/h4,6,8,14H,2-3,5,7H2,1H3,(H2,13,15)(H,17,18). The summed E-state index contributed by atoms with van der Waals surface area (Å²) in [4.78, 5) is 17.3. The number of rotatable bonds is 4. The number of carboxylic acid groups (broad SMARTS) is 1. The van der Waals surface area contributed by atoms with E-state index in [1.54, 1.807) is 0 Å². The van der Waals surface area contributed by atoms with Crippen molar-refractivity contribution in [2.75, 3.05) is 37.7 Å². The Morgan fingerprint density at radius 1 is 1.72 bits per heavy atom. The zero-order chi connectivity index (χ0) is 13.1. The number of pyridine rings is 1. The quantitative estimate of drug-likeness (QED) is 0.729. The summed E-state index contributed by atoms with van der Waals surface area (Å²) in [5, 5.41) is 12.3. The molecule has 1 saturated heterocycles. The maximum atomic E-state index is 11.1. The molecular weight excluding hydrogens is 232 g/mol. The Balaban J connectivity index is 2.02. The van der Waals surface area contributed by atoms with Gasteiger partial charge < -0.3 is 21.1 Å². The average molecular weight is 250 g/mol. The van der Waals surface area contributed by atoms with Crippen LogP contribution in [0.3, 0.4) is 0 Å². The van der Waals surface area contributed by atoms with Crippen molar-refractivity contribution in [1.29, 1.82) is 0 Å². The third-order valence-electron chi connectivity index (χ3n) is 3.23. The topological polar surface area (TPSA) is 91.5 Å². The molecule has 1 unspecified atom stereocenters. The van der Waals surface area contributed by atoms with Gasteiger partial charge in [-0.05, 0) is 32.0 Å². The molecule has 0 radical (unpaired) electrons. The second kappa shape index (κ2) is 5.22. The summed E-state index contributed by atoms with van der Waals surface area (Å²) in [7, 11) is 2.09. The van der Waals surface area contributed by atoms with E-state index in [2.05, 4.69) is 22.2 Å². The molecule has 1 aliphatic rings. The molecule has 0 spiro atoms. The zero-order valence-electron chi connectivity index (χ0n) is 10.4. The third-order valence-corrected chi connectivity index (χ3v) is 3.23. The predicted octanol–water partition coefficient (Wildman–Crippen LogP) is 0.726. The van der Waals surface area contributed by atoms with Gasteiger partial charge in [-0.2, -0.15) is 0 Å². The summed E-state index contributed by atoms with van der Waals surface area (Å²) in [5.74, 6) is -0.220. The molecule has 0 aromatic carbocycles. The first-order valence-electron chi connectivity index (χ1n) is 5.97. The van der Waals surface area contributed by atoms with E-state index in [0.29, 0.717) is 11.6 Å². The fourth-order valence-electron chi connectivity index (χ4n) is 2.24. The van der Waals surface area contributed by atoms with Gasteiger partial charge in [-0.25, -0.2) is 9.78 Å². The summed E-state index contributed by atoms with van der Waals surface area (Å²) < 4.78 is 0. The second-order valence-corrected chi connectivity index (χ2v) is 4.76. The van der Waals surface area contributed by atoms with Crippen molar-refractivity contribution in [2.45, 2.75) is 6.42 Å².